The summed E-state index contributed by atoms with van der Waals surface area (Å²) < 4.78 is 13.9. The topological polar surface area (TPSA) is 12.0 Å². The molecule has 1 N–H and O–H groups in total. The fourth-order valence-electron chi connectivity index (χ4n) is 2.04. The highest BCUT2D eigenvalue weighted by Gasteiger charge is 2.14. The molecule has 1 saturated heterocycles. The average Bonchev–Trinajstić information content (AvgIpc) is 2.50. The molecule has 3 heteroatoms. The summed E-state index contributed by atoms with van der Waals surface area (Å²) >= 11 is 3.17. The van der Waals surface area contributed by atoms with Crippen molar-refractivity contribution in [3.05, 3.63) is 34.1 Å². The first kappa shape index (κ1) is 11.1. The van der Waals surface area contributed by atoms with Crippen molar-refractivity contribution < 1.29 is 4.39 Å². The lowest BCUT2D eigenvalue weighted by Gasteiger charge is -2.16. The summed E-state index contributed by atoms with van der Waals surface area (Å²) in [6, 6.07) is 5.75. The molecule has 2 rings (SSSR count). The summed E-state index contributed by atoms with van der Waals surface area (Å²) in [5.74, 6) is -0.168. The zero-order chi connectivity index (χ0) is 10.7. The van der Waals surface area contributed by atoms with Gasteiger partial charge >= 0.3 is 0 Å². The van der Waals surface area contributed by atoms with E-state index in [2.05, 4.69) is 21.2 Å². The molecule has 0 aromatic heterocycles. The van der Waals surface area contributed by atoms with Crippen molar-refractivity contribution in [2.45, 2.75) is 31.7 Å². The maximum Gasteiger partial charge on any atom is 0.137 e. The molecule has 0 spiro atoms. The Morgan fingerprint density at radius 1 is 1.27 bits per heavy atom. The van der Waals surface area contributed by atoms with Crippen LogP contribution in [0, 0.1) is 5.82 Å². The van der Waals surface area contributed by atoms with E-state index in [1.807, 2.05) is 6.07 Å². The average molecular weight is 272 g/mol. The van der Waals surface area contributed by atoms with E-state index in [9.17, 15) is 4.39 Å². The second kappa shape index (κ2) is 5.08. The van der Waals surface area contributed by atoms with Gasteiger partial charge in [0.1, 0.15) is 5.82 Å². The quantitative estimate of drug-likeness (QED) is 0.820. The predicted molar refractivity (Wildman–Crippen MR) is 63.3 cm³/mol. The number of nitrogens with one attached hydrogen (secondary N) is 1. The molecule has 0 bridgehead atoms. The Balaban J connectivity index is 2.16. The fraction of sp³-hybridized carbons (Fsp3) is 0.500. The summed E-state index contributed by atoms with van der Waals surface area (Å²) in [5.41, 5.74) is 1.07. The lowest BCUT2D eigenvalue weighted by molar-refractivity contribution is 0.528. The SMILES string of the molecule is Fc1cc(C2CCCCCN2)ccc1Br. The van der Waals surface area contributed by atoms with Gasteiger partial charge in [0, 0.05) is 6.04 Å². The van der Waals surface area contributed by atoms with E-state index >= 15 is 0 Å². The van der Waals surface area contributed by atoms with Crippen molar-refractivity contribution in [1.82, 2.24) is 5.32 Å². The van der Waals surface area contributed by atoms with Gasteiger partial charge in [0.2, 0.25) is 0 Å². The van der Waals surface area contributed by atoms with Crippen LogP contribution in [0.1, 0.15) is 37.3 Å². The van der Waals surface area contributed by atoms with E-state index in [0.717, 1.165) is 18.5 Å². The smallest absolute Gasteiger partial charge is 0.137 e. The van der Waals surface area contributed by atoms with Gasteiger partial charge in [-0.05, 0) is 53.0 Å². The highest BCUT2D eigenvalue weighted by molar-refractivity contribution is 9.10. The van der Waals surface area contributed by atoms with E-state index in [0.29, 0.717) is 10.5 Å². The van der Waals surface area contributed by atoms with Crippen LogP contribution in [0.3, 0.4) is 0 Å². The highest BCUT2D eigenvalue weighted by Crippen LogP contribution is 2.25. The van der Waals surface area contributed by atoms with Crippen molar-refractivity contribution in [3.8, 4) is 0 Å². The maximum absolute atomic E-state index is 13.4. The summed E-state index contributed by atoms with van der Waals surface area (Å²) in [6.45, 7) is 1.04. The molecule has 0 aliphatic carbocycles. The second-order valence-corrected chi connectivity index (χ2v) is 4.88. The Hall–Kier alpha value is -0.410. The molecule has 1 unspecified atom stereocenters. The Morgan fingerprint density at radius 3 is 2.93 bits per heavy atom. The molecule has 0 saturated carbocycles. The van der Waals surface area contributed by atoms with Gasteiger partial charge in [0.05, 0.1) is 4.47 Å². The van der Waals surface area contributed by atoms with Crippen LogP contribution in [0.15, 0.2) is 22.7 Å². The normalized spacial score (nSPS) is 22.4. The van der Waals surface area contributed by atoms with Crippen LogP contribution >= 0.6 is 15.9 Å². The van der Waals surface area contributed by atoms with E-state index in [1.165, 1.54) is 19.3 Å². The molecule has 82 valence electrons. The van der Waals surface area contributed by atoms with Gasteiger partial charge in [0.25, 0.3) is 0 Å². The monoisotopic (exact) mass is 271 g/mol. The summed E-state index contributed by atoms with van der Waals surface area (Å²) in [5, 5.41) is 3.46. The third-order valence-electron chi connectivity index (χ3n) is 2.91. The van der Waals surface area contributed by atoms with Crippen LogP contribution in [0.5, 0.6) is 0 Å². The van der Waals surface area contributed by atoms with Crippen LogP contribution in [-0.2, 0) is 0 Å². The van der Waals surface area contributed by atoms with E-state index < -0.39 is 0 Å². The molecule has 1 heterocycles. The minimum atomic E-state index is -0.168. The zero-order valence-corrected chi connectivity index (χ0v) is 10.2. The Kier molecular flexibility index (Phi) is 3.76. The first-order chi connectivity index (χ1) is 7.27. The fourth-order valence-corrected chi connectivity index (χ4v) is 2.29. The molecule has 1 aliphatic rings. The first-order valence-corrected chi connectivity index (χ1v) is 6.25. The minimum absolute atomic E-state index is 0.168. The molecule has 1 atom stereocenters. The Labute approximate surface area is 98.2 Å². The van der Waals surface area contributed by atoms with Gasteiger partial charge in [0.15, 0.2) is 0 Å². The molecule has 1 aliphatic heterocycles. The number of benzene rings is 1. The van der Waals surface area contributed by atoms with Crippen LogP contribution in [0.25, 0.3) is 0 Å². The maximum atomic E-state index is 13.4. The third kappa shape index (κ3) is 2.79. The van der Waals surface area contributed by atoms with Crippen LogP contribution in [-0.4, -0.2) is 6.54 Å². The molecule has 1 aromatic carbocycles. The lowest BCUT2D eigenvalue weighted by Crippen LogP contribution is -2.20. The van der Waals surface area contributed by atoms with E-state index in [-0.39, 0.29) is 5.82 Å². The summed E-state index contributed by atoms with van der Waals surface area (Å²) in [4.78, 5) is 0. The molecule has 0 radical (unpaired) electrons. The third-order valence-corrected chi connectivity index (χ3v) is 3.55. The highest BCUT2D eigenvalue weighted by atomic mass is 79.9. The van der Waals surface area contributed by atoms with Crippen molar-refractivity contribution in [2.75, 3.05) is 6.54 Å². The van der Waals surface area contributed by atoms with Crippen molar-refractivity contribution in [2.24, 2.45) is 0 Å². The predicted octanol–water partition coefficient (Wildman–Crippen LogP) is 3.79. The lowest BCUT2D eigenvalue weighted by atomic mass is 10.0. The van der Waals surface area contributed by atoms with Gasteiger partial charge in [-0.25, -0.2) is 4.39 Å². The van der Waals surface area contributed by atoms with Gasteiger partial charge in [-0.3, -0.25) is 0 Å². The number of halogens is 2. The molecule has 1 aromatic rings. The van der Waals surface area contributed by atoms with Gasteiger partial charge < -0.3 is 5.32 Å². The van der Waals surface area contributed by atoms with Crippen molar-refractivity contribution in [3.63, 3.8) is 0 Å². The Bertz CT molecular complexity index is 332. The first-order valence-electron chi connectivity index (χ1n) is 5.46. The Morgan fingerprint density at radius 2 is 2.13 bits per heavy atom. The zero-order valence-electron chi connectivity index (χ0n) is 8.60. The largest absolute Gasteiger partial charge is 0.310 e. The van der Waals surface area contributed by atoms with Crippen molar-refractivity contribution >= 4 is 15.9 Å². The van der Waals surface area contributed by atoms with Crippen LogP contribution in [0.2, 0.25) is 0 Å². The van der Waals surface area contributed by atoms with Gasteiger partial charge in [-0.15, -0.1) is 0 Å². The standard InChI is InChI=1S/C12H15BrFN/c13-10-6-5-9(8-11(10)14)12-4-2-1-3-7-15-12/h5-6,8,12,15H,1-4,7H2. The molecular formula is C12H15BrFN. The summed E-state index contributed by atoms with van der Waals surface area (Å²) in [6.07, 6.45) is 4.86. The molecule has 0 amide bonds. The number of hydrogen-bond donors (Lipinski definition) is 1. The van der Waals surface area contributed by atoms with Crippen LogP contribution in [0.4, 0.5) is 4.39 Å². The van der Waals surface area contributed by atoms with Crippen LogP contribution < -0.4 is 5.32 Å². The molecule has 1 nitrogen and oxygen atoms in total. The van der Waals surface area contributed by atoms with E-state index in [1.54, 1.807) is 12.1 Å². The van der Waals surface area contributed by atoms with Gasteiger partial charge in [-0.2, -0.15) is 0 Å². The second-order valence-electron chi connectivity index (χ2n) is 4.03. The molecule has 15 heavy (non-hydrogen) atoms. The minimum Gasteiger partial charge on any atom is -0.310 e. The molecular weight excluding hydrogens is 257 g/mol. The molecule has 1 fully saturated rings. The van der Waals surface area contributed by atoms with Gasteiger partial charge in [-0.1, -0.05) is 18.9 Å². The van der Waals surface area contributed by atoms with E-state index in [4.69, 9.17) is 0 Å². The number of rotatable bonds is 1. The van der Waals surface area contributed by atoms with Crippen molar-refractivity contribution in [1.29, 1.82) is 0 Å². The summed E-state index contributed by atoms with van der Waals surface area (Å²) in [7, 11) is 0. The number of hydrogen-bond acceptors (Lipinski definition) is 1.